The molecular weight excluding hydrogens is 250 g/mol. The minimum absolute atomic E-state index is 0.349. The number of amides is 5. The molecule has 19 heavy (non-hydrogen) atoms. The van der Waals surface area contributed by atoms with Gasteiger partial charge >= 0.3 is 6.03 Å². The molecular formula is C12H19N3O4. The second-order valence-corrected chi connectivity index (χ2v) is 4.41. The minimum atomic E-state index is -0.873. The first-order chi connectivity index (χ1) is 9.01. The van der Waals surface area contributed by atoms with E-state index < -0.39 is 29.7 Å². The van der Waals surface area contributed by atoms with Crippen molar-refractivity contribution < 1.29 is 19.2 Å². The van der Waals surface area contributed by atoms with Crippen molar-refractivity contribution in [1.82, 2.24) is 15.5 Å². The van der Waals surface area contributed by atoms with Gasteiger partial charge in [0.05, 0.1) is 0 Å². The first-order valence-corrected chi connectivity index (χ1v) is 6.44. The topological polar surface area (TPSA) is 95.6 Å². The van der Waals surface area contributed by atoms with E-state index in [1.54, 1.807) is 0 Å². The van der Waals surface area contributed by atoms with Crippen LogP contribution in [0.25, 0.3) is 0 Å². The molecule has 1 heterocycles. The van der Waals surface area contributed by atoms with Gasteiger partial charge in [0.2, 0.25) is 17.7 Å². The number of rotatable bonds is 6. The van der Waals surface area contributed by atoms with Gasteiger partial charge in [0.15, 0.2) is 0 Å². The third kappa shape index (κ3) is 3.77. The summed E-state index contributed by atoms with van der Waals surface area (Å²) in [6, 6.07) is -0.825. The van der Waals surface area contributed by atoms with Gasteiger partial charge in [-0.25, -0.2) is 4.79 Å². The highest BCUT2D eigenvalue weighted by molar-refractivity contribution is 6.17. The summed E-state index contributed by atoms with van der Waals surface area (Å²) in [5.74, 6) is -2.46. The van der Waals surface area contributed by atoms with Crippen LogP contribution in [0.1, 0.15) is 33.1 Å². The molecule has 7 heteroatoms. The lowest BCUT2D eigenvalue weighted by Gasteiger charge is -2.29. The SMILES string of the molecule is CCCNC(=O)CN1C(=O)NC(=O)C(CCC)C1=O. The van der Waals surface area contributed by atoms with Crippen LogP contribution in [-0.4, -0.2) is 41.7 Å². The van der Waals surface area contributed by atoms with Crippen LogP contribution in [0.4, 0.5) is 4.79 Å². The van der Waals surface area contributed by atoms with Gasteiger partial charge < -0.3 is 5.32 Å². The predicted octanol–water partition coefficient (Wildman–Crippen LogP) is 0.00730. The Morgan fingerprint density at radius 3 is 2.53 bits per heavy atom. The fourth-order valence-corrected chi connectivity index (χ4v) is 1.82. The first kappa shape index (κ1) is 15.1. The molecule has 0 aliphatic carbocycles. The quantitative estimate of drug-likeness (QED) is 0.664. The number of barbiturate groups is 1. The average Bonchev–Trinajstić information content (AvgIpc) is 2.37. The Hall–Kier alpha value is -1.92. The van der Waals surface area contributed by atoms with Crippen LogP contribution in [0.5, 0.6) is 0 Å². The largest absolute Gasteiger partial charge is 0.355 e. The lowest BCUT2D eigenvalue weighted by Crippen LogP contribution is -2.59. The van der Waals surface area contributed by atoms with Gasteiger partial charge in [0, 0.05) is 6.54 Å². The molecule has 1 aliphatic heterocycles. The van der Waals surface area contributed by atoms with Crippen molar-refractivity contribution in [3.63, 3.8) is 0 Å². The summed E-state index contributed by atoms with van der Waals surface area (Å²) in [6.45, 7) is 3.88. The molecule has 2 N–H and O–H groups in total. The van der Waals surface area contributed by atoms with E-state index in [9.17, 15) is 19.2 Å². The smallest absolute Gasteiger partial charge is 0.331 e. The third-order valence-electron chi connectivity index (χ3n) is 2.81. The summed E-state index contributed by atoms with van der Waals surface area (Å²) in [7, 11) is 0. The number of carbonyl (C=O) groups excluding carboxylic acids is 4. The Morgan fingerprint density at radius 2 is 1.95 bits per heavy atom. The fraction of sp³-hybridized carbons (Fsp3) is 0.667. The zero-order valence-corrected chi connectivity index (χ0v) is 11.2. The normalized spacial score (nSPS) is 19.4. The van der Waals surface area contributed by atoms with E-state index in [1.807, 2.05) is 13.8 Å². The number of hydrogen-bond acceptors (Lipinski definition) is 4. The predicted molar refractivity (Wildman–Crippen MR) is 67.0 cm³/mol. The van der Waals surface area contributed by atoms with E-state index in [2.05, 4.69) is 10.6 Å². The van der Waals surface area contributed by atoms with Crippen LogP contribution in [-0.2, 0) is 14.4 Å². The highest BCUT2D eigenvalue weighted by Gasteiger charge is 2.40. The van der Waals surface area contributed by atoms with Gasteiger partial charge in [0.1, 0.15) is 12.5 Å². The molecule has 0 bridgehead atoms. The maximum absolute atomic E-state index is 12.0. The number of imide groups is 2. The summed E-state index contributed by atoms with van der Waals surface area (Å²) >= 11 is 0. The molecule has 1 saturated heterocycles. The van der Waals surface area contributed by atoms with Gasteiger partial charge in [-0.15, -0.1) is 0 Å². The van der Waals surface area contributed by atoms with Gasteiger partial charge in [0.25, 0.3) is 0 Å². The monoisotopic (exact) mass is 269 g/mol. The lowest BCUT2D eigenvalue weighted by molar-refractivity contribution is -0.145. The fourth-order valence-electron chi connectivity index (χ4n) is 1.82. The standard InChI is InChI=1S/C12H19N3O4/c1-3-5-8-10(17)14-12(19)15(11(8)18)7-9(16)13-6-4-2/h8H,3-7H2,1-2H3,(H,13,16)(H,14,17,19). The molecule has 1 aliphatic rings. The summed E-state index contributed by atoms with van der Waals surface area (Å²) in [5, 5.41) is 4.68. The number of urea groups is 1. The van der Waals surface area contributed by atoms with Crippen molar-refractivity contribution >= 4 is 23.8 Å². The summed E-state index contributed by atoms with van der Waals surface area (Å²) < 4.78 is 0. The summed E-state index contributed by atoms with van der Waals surface area (Å²) in [4.78, 5) is 47.4. The Labute approximate surface area is 111 Å². The van der Waals surface area contributed by atoms with E-state index in [1.165, 1.54) is 0 Å². The van der Waals surface area contributed by atoms with Crippen molar-refractivity contribution in [2.45, 2.75) is 33.1 Å². The number of carbonyl (C=O) groups is 4. The third-order valence-corrected chi connectivity index (χ3v) is 2.81. The van der Waals surface area contributed by atoms with Crippen LogP contribution >= 0.6 is 0 Å². The molecule has 1 atom stereocenters. The zero-order chi connectivity index (χ0) is 14.4. The molecule has 1 unspecified atom stereocenters. The average molecular weight is 269 g/mol. The molecule has 1 fully saturated rings. The van der Waals surface area contributed by atoms with Gasteiger partial charge in [-0.1, -0.05) is 20.3 Å². The molecule has 0 aromatic carbocycles. The number of hydrogen-bond donors (Lipinski definition) is 2. The van der Waals surface area contributed by atoms with Crippen molar-refractivity contribution in [3.8, 4) is 0 Å². The molecule has 0 spiro atoms. The molecule has 106 valence electrons. The molecule has 0 saturated carbocycles. The summed E-state index contributed by atoms with van der Waals surface area (Å²) in [6.07, 6.45) is 1.78. The van der Waals surface area contributed by atoms with Gasteiger partial charge in [-0.05, 0) is 12.8 Å². The highest BCUT2D eigenvalue weighted by Crippen LogP contribution is 2.15. The first-order valence-electron chi connectivity index (χ1n) is 6.44. The van der Waals surface area contributed by atoms with E-state index in [-0.39, 0.29) is 6.54 Å². The van der Waals surface area contributed by atoms with Crippen LogP contribution < -0.4 is 10.6 Å². The Bertz CT molecular complexity index is 394. The molecule has 0 aromatic rings. The van der Waals surface area contributed by atoms with Crippen molar-refractivity contribution in [2.24, 2.45) is 5.92 Å². The van der Waals surface area contributed by atoms with E-state index in [4.69, 9.17) is 0 Å². The van der Waals surface area contributed by atoms with E-state index >= 15 is 0 Å². The maximum Gasteiger partial charge on any atom is 0.331 e. The molecule has 0 aromatic heterocycles. The van der Waals surface area contributed by atoms with Crippen molar-refractivity contribution in [2.75, 3.05) is 13.1 Å². The van der Waals surface area contributed by atoms with E-state index in [0.29, 0.717) is 19.4 Å². The minimum Gasteiger partial charge on any atom is -0.355 e. The number of nitrogens with zero attached hydrogens (tertiary/aromatic N) is 1. The van der Waals surface area contributed by atoms with Crippen LogP contribution in [0, 0.1) is 5.92 Å². The van der Waals surface area contributed by atoms with Crippen molar-refractivity contribution in [1.29, 1.82) is 0 Å². The Morgan fingerprint density at radius 1 is 1.26 bits per heavy atom. The van der Waals surface area contributed by atoms with Gasteiger partial charge in [-0.3, -0.25) is 24.6 Å². The molecule has 5 amide bonds. The number of nitrogens with one attached hydrogen (secondary N) is 2. The maximum atomic E-state index is 12.0. The molecule has 0 radical (unpaired) electrons. The second-order valence-electron chi connectivity index (χ2n) is 4.41. The zero-order valence-electron chi connectivity index (χ0n) is 11.2. The molecule has 7 nitrogen and oxygen atoms in total. The van der Waals surface area contributed by atoms with Crippen LogP contribution in [0.2, 0.25) is 0 Å². The van der Waals surface area contributed by atoms with Crippen molar-refractivity contribution in [3.05, 3.63) is 0 Å². The Balaban J connectivity index is 2.70. The molecule has 1 rings (SSSR count). The van der Waals surface area contributed by atoms with Crippen LogP contribution in [0.3, 0.4) is 0 Å². The van der Waals surface area contributed by atoms with E-state index in [0.717, 1.165) is 11.3 Å². The second kappa shape index (κ2) is 6.86. The summed E-state index contributed by atoms with van der Waals surface area (Å²) in [5.41, 5.74) is 0. The van der Waals surface area contributed by atoms with Crippen LogP contribution in [0.15, 0.2) is 0 Å². The Kier molecular flexibility index (Phi) is 5.47. The highest BCUT2D eigenvalue weighted by atomic mass is 16.2. The lowest BCUT2D eigenvalue weighted by atomic mass is 9.99. The van der Waals surface area contributed by atoms with Gasteiger partial charge in [-0.2, -0.15) is 0 Å².